The molecule has 1 N–H and O–H groups in total. The number of benzene rings is 2. The maximum absolute atomic E-state index is 13.1. The summed E-state index contributed by atoms with van der Waals surface area (Å²) in [6.45, 7) is 0.459. The zero-order chi connectivity index (χ0) is 14.7. The Kier molecular flexibility index (Phi) is 3.60. The minimum atomic E-state index is -0.337. The third kappa shape index (κ3) is 3.05. The molecule has 0 saturated heterocycles. The molecule has 3 aromatic rings. The van der Waals surface area contributed by atoms with Gasteiger partial charge >= 0.3 is 0 Å². The molecule has 0 saturated carbocycles. The molecule has 1 aromatic heterocycles. The third-order valence-corrected chi connectivity index (χ3v) is 3.20. The topological polar surface area (TPSA) is 42.0 Å². The van der Waals surface area contributed by atoms with Crippen molar-refractivity contribution in [3.8, 4) is 0 Å². The summed E-state index contributed by atoms with van der Waals surface area (Å²) in [5, 5.41) is 3.58. The Morgan fingerprint density at radius 2 is 1.90 bits per heavy atom. The van der Waals surface area contributed by atoms with E-state index in [9.17, 15) is 9.18 Å². The van der Waals surface area contributed by atoms with Crippen LogP contribution in [-0.4, -0.2) is 10.9 Å². The highest BCUT2D eigenvalue weighted by molar-refractivity contribution is 5.97. The summed E-state index contributed by atoms with van der Waals surface area (Å²) in [7, 11) is 0. The number of aromatic nitrogens is 1. The second-order valence-corrected chi connectivity index (χ2v) is 4.73. The molecular formula is C17H13FN2O. The smallest absolute Gasteiger partial charge is 0.253 e. The van der Waals surface area contributed by atoms with Crippen molar-refractivity contribution in [1.29, 1.82) is 0 Å². The average molecular weight is 280 g/mol. The van der Waals surface area contributed by atoms with Gasteiger partial charge in [0.05, 0.1) is 11.1 Å². The summed E-state index contributed by atoms with van der Waals surface area (Å²) in [4.78, 5) is 16.2. The third-order valence-electron chi connectivity index (χ3n) is 3.20. The minimum Gasteiger partial charge on any atom is -0.348 e. The number of carbonyl (C=O) groups excluding carboxylic acids is 1. The standard InChI is InChI=1S/C17H13FN2O/c18-15-7-6-13-8-14(11-19-16(13)9-15)17(21)20-10-12-4-2-1-3-5-12/h1-9,11H,10H2,(H,20,21). The zero-order valence-electron chi connectivity index (χ0n) is 11.2. The van der Waals surface area contributed by atoms with Crippen molar-refractivity contribution in [2.45, 2.75) is 6.54 Å². The zero-order valence-corrected chi connectivity index (χ0v) is 11.2. The Labute approximate surface area is 121 Å². The van der Waals surface area contributed by atoms with Gasteiger partial charge in [0.25, 0.3) is 5.91 Å². The first kappa shape index (κ1) is 13.2. The van der Waals surface area contributed by atoms with Gasteiger partial charge in [0, 0.05) is 24.2 Å². The Morgan fingerprint density at radius 1 is 1.10 bits per heavy atom. The second-order valence-electron chi connectivity index (χ2n) is 4.73. The Morgan fingerprint density at radius 3 is 2.71 bits per heavy atom. The Bertz CT molecular complexity index is 787. The van der Waals surface area contributed by atoms with E-state index in [1.54, 1.807) is 12.1 Å². The van der Waals surface area contributed by atoms with E-state index in [-0.39, 0.29) is 11.7 Å². The van der Waals surface area contributed by atoms with Crippen LogP contribution in [0.15, 0.2) is 60.8 Å². The van der Waals surface area contributed by atoms with Crippen molar-refractivity contribution in [2.24, 2.45) is 0 Å². The minimum absolute atomic E-state index is 0.197. The van der Waals surface area contributed by atoms with E-state index in [0.29, 0.717) is 17.6 Å². The molecule has 104 valence electrons. The van der Waals surface area contributed by atoms with Gasteiger partial charge in [-0.25, -0.2) is 4.39 Å². The van der Waals surface area contributed by atoms with Crippen molar-refractivity contribution < 1.29 is 9.18 Å². The predicted octanol–water partition coefficient (Wildman–Crippen LogP) is 3.30. The maximum Gasteiger partial charge on any atom is 0.253 e. The van der Waals surface area contributed by atoms with Crippen LogP contribution in [0.3, 0.4) is 0 Å². The fourth-order valence-electron chi connectivity index (χ4n) is 2.10. The van der Waals surface area contributed by atoms with Crippen LogP contribution in [0.5, 0.6) is 0 Å². The predicted molar refractivity (Wildman–Crippen MR) is 79.3 cm³/mol. The molecular weight excluding hydrogens is 267 g/mol. The van der Waals surface area contributed by atoms with Gasteiger partial charge in [-0.15, -0.1) is 0 Å². The van der Waals surface area contributed by atoms with Gasteiger partial charge in [0.1, 0.15) is 5.82 Å². The second kappa shape index (κ2) is 5.71. The largest absolute Gasteiger partial charge is 0.348 e. The molecule has 0 bridgehead atoms. The van der Waals surface area contributed by atoms with Gasteiger partial charge in [0.15, 0.2) is 0 Å². The number of nitrogens with zero attached hydrogens (tertiary/aromatic N) is 1. The molecule has 0 radical (unpaired) electrons. The summed E-state index contributed by atoms with van der Waals surface area (Å²) in [5.41, 5.74) is 2.03. The van der Waals surface area contributed by atoms with Crippen LogP contribution in [0.1, 0.15) is 15.9 Å². The molecule has 4 heteroatoms. The number of pyridine rings is 1. The Hall–Kier alpha value is -2.75. The summed E-state index contributed by atoms with van der Waals surface area (Å²) in [5.74, 6) is -0.533. The van der Waals surface area contributed by atoms with E-state index in [4.69, 9.17) is 0 Å². The van der Waals surface area contributed by atoms with Crippen LogP contribution >= 0.6 is 0 Å². The molecule has 0 aliphatic rings. The molecule has 1 amide bonds. The van der Waals surface area contributed by atoms with Crippen molar-refractivity contribution in [1.82, 2.24) is 10.3 Å². The molecule has 0 aliphatic carbocycles. The first-order chi connectivity index (χ1) is 10.2. The van der Waals surface area contributed by atoms with Crippen molar-refractivity contribution >= 4 is 16.8 Å². The lowest BCUT2D eigenvalue weighted by Crippen LogP contribution is -2.22. The summed E-state index contributed by atoms with van der Waals surface area (Å²) in [6, 6.07) is 15.7. The van der Waals surface area contributed by atoms with Crippen LogP contribution < -0.4 is 5.32 Å². The lowest BCUT2D eigenvalue weighted by molar-refractivity contribution is 0.0950. The van der Waals surface area contributed by atoms with Crippen LogP contribution in [-0.2, 0) is 6.54 Å². The molecule has 2 aromatic carbocycles. The van der Waals surface area contributed by atoms with Crippen LogP contribution in [0.2, 0.25) is 0 Å². The van der Waals surface area contributed by atoms with Gasteiger partial charge in [-0.3, -0.25) is 9.78 Å². The highest BCUT2D eigenvalue weighted by Crippen LogP contribution is 2.14. The number of hydrogen-bond donors (Lipinski definition) is 1. The quantitative estimate of drug-likeness (QED) is 0.799. The number of rotatable bonds is 3. The van der Waals surface area contributed by atoms with Gasteiger partial charge in [0.2, 0.25) is 0 Å². The van der Waals surface area contributed by atoms with Crippen LogP contribution in [0.4, 0.5) is 4.39 Å². The van der Waals surface area contributed by atoms with E-state index in [1.807, 2.05) is 30.3 Å². The molecule has 0 atom stereocenters. The Balaban J connectivity index is 1.77. The number of hydrogen-bond acceptors (Lipinski definition) is 2. The van der Waals surface area contributed by atoms with Crippen molar-refractivity contribution in [3.05, 3.63) is 77.7 Å². The molecule has 21 heavy (non-hydrogen) atoms. The number of nitrogens with one attached hydrogen (secondary N) is 1. The number of amides is 1. The number of halogens is 1. The summed E-state index contributed by atoms with van der Waals surface area (Å²) >= 11 is 0. The van der Waals surface area contributed by atoms with Gasteiger partial charge < -0.3 is 5.32 Å². The maximum atomic E-state index is 13.1. The monoisotopic (exact) mass is 280 g/mol. The van der Waals surface area contributed by atoms with E-state index < -0.39 is 0 Å². The van der Waals surface area contributed by atoms with E-state index in [1.165, 1.54) is 18.3 Å². The number of carbonyl (C=O) groups is 1. The van der Waals surface area contributed by atoms with Crippen molar-refractivity contribution in [2.75, 3.05) is 0 Å². The fraction of sp³-hybridized carbons (Fsp3) is 0.0588. The molecule has 3 nitrogen and oxygen atoms in total. The van der Waals surface area contributed by atoms with Crippen LogP contribution in [0, 0.1) is 5.82 Å². The van der Waals surface area contributed by atoms with E-state index >= 15 is 0 Å². The first-order valence-corrected chi connectivity index (χ1v) is 6.60. The van der Waals surface area contributed by atoms with Gasteiger partial charge in [-0.2, -0.15) is 0 Å². The highest BCUT2D eigenvalue weighted by Gasteiger charge is 2.07. The number of fused-ring (bicyclic) bond motifs is 1. The molecule has 0 spiro atoms. The first-order valence-electron chi connectivity index (χ1n) is 6.60. The molecule has 3 rings (SSSR count). The van der Waals surface area contributed by atoms with Gasteiger partial charge in [-0.1, -0.05) is 30.3 Å². The normalized spacial score (nSPS) is 10.5. The molecule has 0 aliphatic heterocycles. The SMILES string of the molecule is O=C(NCc1ccccc1)c1cnc2cc(F)ccc2c1. The highest BCUT2D eigenvalue weighted by atomic mass is 19.1. The summed E-state index contributed by atoms with van der Waals surface area (Å²) in [6.07, 6.45) is 1.46. The van der Waals surface area contributed by atoms with Crippen LogP contribution in [0.25, 0.3) is 10.9 Å². The lowest BCUT2D eigenvalue weighted by Gasteiger charge is -2.06. The van der Waals surface area contributed by atoms with E-state index in [0.717, 1.165) is 10.9 Å². The van der Waals surface area contributed by atoms with Gasteiger partial charge in [-0.05, 0) is 23.8 Å². The molecule has 0 unspecified atom stereocenters. The molecule has 0 fully saturated rings. The fourth-order valence-corrected chi connectivity index (χ4v) is 2.10. The van der Waals surface area contributed by atoms with Crippen molar-refractivity contribution in [3.63, 3.8) is 0 Å². The molecule has 1 heterocycles. The lowest BCUT2D eigenvalue weighted by atomic mass is 10.1. The van der Waals surface area contributed by atoms with E-state index in [2.05, 4.69) is 10.3 Å². The average Bonchev–Trinajstić information content (AvgIpc) is 2.53. The summed E-state index contributed by atoms with van der Waals surface area (Å²) < 4.78 is 13.1.